The van der Waals surface area contributed by atoms with E-state index in [0.717, 1.165) is 53.2 Å². The van der Waals surface area contributed by atoms with E-state index in [9.17, 15) is 9.59 Å². The van der Waals surface area contributed by atoms with Crippen LogP contribution in [0.2, 0.25) is 0 Å². The lowest BCUT2D eigenvalue weighted by Crippen LogP contribution is -2.18. The quantitative estimate of drug-likeness (QED) is 0.320. The van der Waals surface area contributed by atoms with E-state index in [0.29, 0.717) is 37.4 Å². The molecular weight excluding hydrogens is 500 g/mol. The van der Waals surface area contributed by atoms with Crippen LogP contribution in [0.1, 0.15) is 41.8 Å². The van der Waals surface area contributed by atoms with E-state index in [4.69, 9.17) is 9.47 Å². The Kier molecular flexibility index (Phi) is 6.89. The number of aromatic nitrogens is 6. The molecule has 0 saturated heterocycles. The Balaban J connectivity index is 0.940. The summed E-state index contributed by atoms with van der Waals surface area (Å²) in [5.41, 5.74) is 5.29. The van der Waals surface area contributed by atoms with E-state index in [2.05, 4.69) is 31.3 Å². The fourth-order valence-corrected chi connectivity index (χ4v) is 4.62. The van der Waals surface area contributed by atoms with Gasteiger partial charge >= 0.3 is 0 Å². The molecule has 0 unspecified atom stereocenters. The molecule has 0 saturated carbocycles. The first-order valence-electron chi connectivity index (χ1n) is 13.0. The number of fused-ring (bicyclic) bond motifs is 2. The predicted molar refractivity (Wildman–Crippen MR) is 140 cm³/mol. The van der Waals surface area contributed by atoms with Gasteiger partial charge in [0.25, 0.3) is 0 Å². The number of hydrogen-bond acceptors (Lipinski definition) is 8. The third-order valence-electron chi connectivity index (χ3n) is 6.67. The van der Waals surface area contributed by atoms with Crippen molar-refractivity contribution in [3.63, 3.8) is 0 Å². The van der Waals surface area contributed by atoms with Crippen molar-refractivity contribution >= 4 is 23.2 Å². The zero-order valence-electron chi connectivity index (χ0n) is 21.3. The van der Waals surface area contributed by atoms with Crippen LogP contribution in [-0.2, 0) is 48.7 Å². The van der Waals surface area contributed by atoms with Gasteiger partial charge in [0.1, 0.15) is 36.1 Å². The summed E-state index contributed by atoms with van der Waals surface area (Å²) >= 11 is 0. The zero-order chi connectivity index (χ0) is 26.6. The normalized spacial score (nSPS) is 14.3. The largest absolute Gasteiger partial charge is 0.487 e. The van der Waals surface area contributed by atoms with Crippen LogP contribution in [0, 0.1) is 0 Å². The Morgan fingerprint density at radius 3 is 1.67 bits per heavy atom. The Hall–Kier alpha value is -4.74. The van der Waals surface area contributed by atoms with Gasteiger partial charge in [-0.3, -0.25) is 19.0 Å². The van der Waals surface area contributed by atoms with Gasteiger partial charge in [-0.2, -0.15) is 0 Å². The number of amides is 2. The molecule has 4 aromatic rings. The summed E-state index contributed by atoms with van der Waals surface area (Å²) in [5, 5.41) is 22.5. The Bertz CT molecular complexity index is 1400. The summed E-state index contributed by atoms with van der Waals surface area (Å²) in [6.07, 6.45) is 7.04. The minimum atomic E-state index is 0.0283. The molecule has 2 aliphatic rings. The highest BCUT2D eigenvalue weighted by atomic mass is 16.5. The summed E-state index contributed by atoms with van der Waals surface area (Å²) < 4.78 is 15.3. The van der Waals surface area contributed by atoms with E-state index >= 15 is 0 Å². The van der Waals surface area contributed by atoms with Crippen molar-refractivity contribution in [2.24, 2.45) is 0 Å². The fraction of sp³-hybridized carbons (Fsp3) is 0.333. The second-order valence-electron chi connectivity index (χ2n) is 9.61. The van der Waals surface area contributed by atoms with E-state index in [1.807, 2.05) is 48.8 Å². The lowest BCUT2D eigenvalue weighted by atomic mass is 10.0. The average molecular weight is 529 g/mol. The van der Waals surface area contributed by atoms with Gasteiger partial charge in [0.15, 0.2) is 0 Å². The van der Waals surface area contributed by atoms with Crippen LogP contribution in [0.5, 0.6) is 11.5 Å². The topological polar surface area (TPSA) is 138 Å². The zero-order valence-corrected chi connectivity index (χ0v) is 21.3. The van der Waals surface area contributed by atoms with Crippen molar-refractivity contribution in [2.45, 2.75) is 58.4 Å². The number of anilines is 2. The summed E-state index contributed by atoms with van der Waals surface area (Å²) in [6.45, 7) is 1.92. The number of benzene rings is 2. The fourth-order valence-electron chi connectivity index (χ4n) is 4.62. The minimum absolute atomic E-state index is 0.0283. The third-order valence-corrected chi connectivity index (χ3v) is 6.67. The molecule has 0 spiro atoms. The van der Waals surface area contributed by atoms with E-state index in [-0.39, 0.29) is 25.0 Å². The summed E-state index contributed by atoms with van der Waals surface area (Å²) in [7, 11) is 0. The molecule has 39 heavy (non-hydrogen) atoms. The molecule has 0 aliphatic carbocycles. The summed E-state index contributed by atoms with van der Waals surface area (Å²) in [4.78, 5) is 23.3. The van der Waals surface area contributed by atoms with Crippen LogP contribution < -0.4 is 20.1 Å². The van der Waals surface area contributed by atoms with Crippen LogP contribution >= 0.6 is 0 Å². The van der Waals surface area contributed by atoms with Gasteiger partial charge in [-0.25, -0.2) is 0 Å². The monoisotopic (exact) mass is 528 g/mol. The molecule has 2 N–H and O–H groups in total. The number of carbonyl (C=O) groups is 2. The number of carbonyl (C=O) groups excluding carboxylic acids is 2. The summed E-state index contributed by atoms with van der Waals surface area (Å²) in [5.74, 6) is 1.41. The number of ether oxygens (including phenoxy) is 2. The standard InChI is InChI=1S/C27H28N8O4/c36-26-8-4-18-2-6-22(12-24(18)28-26)38-16-20-14-34(32-30-20)10-1-11-35-15-21(31-33-35)17-39-23-7-3-19-5-9-27(37)29-25(19)13-23/h2-3,6-7,12-15H,1,4-5,8-11,16-17H2,(H,28,36)(H,29,37). The number of aryl methyl sites for hydroxylation is 4. The second kappa shape index (κ2) is 10.9. The highest BCUT2D eigenvalue weighted by Gasteiger charge is 2.16. The number of hydrogen-bond donors (Lipinski definition) is 2. The number of nitrogens with one attached hydrogen (secondary N) is 2. The SMILES string of the molecule is O=C1CCc2ccc(OCc3cn(CCCn4cc(COc5ccc6c(c5)NC(=O)CC6)nn4)nn3)cc2N1. The molecule has 2 aliphatic heterocycles. The Morgan fingerprint density at radius 1 is 0.692 bits per heavy atom. The van der Waals surface area contributed by atoms with E-state index in [1.165, 1.54) is 0 Å². The van der Waals surface area contributed by atoms with E-state index in [1.54, 1.807) is 9.36 Å². The van der Waals surface area contributed by atoms with Crippen molar-refractivity contribution < 1.29 is 19.1 Å². The van der Waals surface area contributed by atoms with Crippen LogP contribution in [-0.4, -0.2) is 41.8 Å². The maximum atomic E-state index is 11.6. The van der Waals surface area contributed by atoms with Gasteiger partial charge in [0.05, 0.1) is 12.4 Å². The highest BCUT2D eigenvalue weighted by Crippen LogP contribution is 2.28. The predicted octanol–water partition coefficient (Wildman–Crippen LogP) is 2.89. The first-order valence-corrected chi connectivity index (χ1v) is 13.0. The minimum Gasteiger partial charge on any atom is -0.487 e. The molecule has 12 heteroatoms. The lowest BCUT2D eigenvalue weighted by molar-refractivity contribution is -0.117. The molecule has 4 heterocycles. The van der Waals surface area contributed by atoms with Gasteiger partial charge in [0.2, 0.25) is 11.8 Å². The molecule has 200 valence electrons. The smallest absolute Gasteiger partial charge is 0.224 e. The highest BCUT2D eigenvalue weighted by molar-refractivity contribution is 5.94. The van der Waals surface area contributed by atoms with E-state index < -0.39 is 0 Å². The molecule has 0 bridgehead atoms. The van der Waals surface area contributed by atoms with Crippen molar-refractivity contribution in [1.29, 1.82) is 0 Å². The molecule has 0 fully saturated rings. The van der Waals surface area contributed by atoms with Crippen LogP contribution in [0.25, 0.3) is 0 Å². The number of rotatable bonds is 10. The van der Waals surface area contributed by atoms with Gasteiger partial charge in [-0.1, -0.05) is 22.6 Å². The van der Waals surface area contributed by atoms with Gasteiger partial charge in [0, 0.05) is 49.4 Å². The second-order valence-corrected chi connectivity index (χ2v) is 9.61. The molecular formula is C27H28N8O4. The average Bonchev–Trinajstić information content (AvgIpc) is 3.59. The van der Waals surface area contributed by atoms with Crippen molar-refractivity contribution in [3.05, 3.63) is 71.3 Å². The van der Waals surface area contributed by atoms with Crippen LogP contribution in [0.15, 0.2) is 48.8 Å². The number of nitrogens with zero attached hydrogens (tertiary/aromatic N) is 6. The first kappa shape index (κ1) is 24.6. The maximum absolute atomic E-state index is 11.6. The van der Waals surface area contributed by atoms with Crippen LogP contribution in [0.3, 0.4) is 0 Å². The molecule has 2 amide bonds. The van der Waals surface area contributed by atoms with Crippen LogP contribution in [0.4, 0.5) is 11.4 Å². The van der Waals surface area contributed by atoms with Crippen molar-refractivity contribution in [1.82, 2.24) is 30.0 Å². The van der Waals surface area contributed by atoms with Gasteiger partial charge in [-0.15, -0.1) is 10.2 Å². The van der Waals surface area contributed by atoms with Gasteiger partial charge < -0.3 is 20.1 Å². The summed E-state index contributed by atoms with van der Waals surface area (Å²) in [6, 6.07) is 11.5. The van der Waals surface area contributed by atoms with Gasteiger partial charge in [-0.05, 0) is 42.5 Å². The molecule has 2 aromatic heterocycles. The maximum Gasteiger partial charge on any atom is 0.224 e. The first-order chi connectivity index (χ1) is 19.1. The lowest BCUT2D eigenvalue weighted by Gasteiger charge is -2.17. The molecule has 2 aromatic carbocycles. The third kappa shape index (κ3) is 6.06. The molecule has 0 atom stereocenters. The Labute approximate surface area is 224 Å². The molecule has 6 rings (SSSR count). The van der Waals surface area contributed by atoms with Crippen molar-refractivity contribution in [3.8, 4) is 11.5 Å². The van der Waals surface area contributed by atoms with Crippen molar-refractivity contribution in [2.75, 3.05) is 10.6 Å². The Morgan fingerprint density at radius 2 is 1.18 bits per heavy atom. The molecule has 0 radical (unpaired) electrons. The molecule has 12 nitrogen and oxygen atoms in total.